The van der Waals surface area contributed by atoms with Gasteiger partial charge in [-0.25, -0.2) is 4.98 Å². The predicted octanol–water partition coefficient (Wildman–Crippen LogP) is 1.44. The molecule has 0 bridgehead atoms. The highest BCUT2D eigenvalue weighted by molar-refractivity contribution is 7.99. The molecule has 0 saturated carbocycles. The van der Waals surface area contributed by atoms with Gasteiger partial charge in [-0.05, 0) is 5.56 Å². The molecule has 0 aliphatic rings. The number of hydrogen-bond acceptors (Lipinski definition) is 9. The molecule has 3 aromatic rings. The number of nitrogen functional groups attached to an aromatic ring is 1. The summed E-state index contributed by atoms with van der Waals surface area (Å²) in [5.74, 6) is 0.868. The molecule has 11 heteroatoms. The molecule has 9 nitrogen and oxygen atoms in total. The fourth-order valence-electron chi connectivity index (χ4n) is 1.98. The van der Waals surface area contributed by atoms with E-state index in [2.05, 4.69) is 25.5 Å². The van der Waals surface area contributed by atoms with Gasteiger partial charge in [0.05, 0.1) is 11.5 Å². The molecule has 1 aromatic carbocycles. The first-order chi connectivity index (χ1) is 13.1. The number of rotatable bonds is 8. The Labute approximate surface area is 162 Å². The summed E-state index contributed by atoms with van der Waals surface area (Å²) in [7, 11) is 0. The van der Waals surface area contributed by atoms with Crippen molar-refractivity contribution in [2.24, 2.45) is 0 Å². The van der Waals surface area contributed by atoms with E-state index in [1.165, 1.54) is 17.8 Å². The first-order valence-corrected chi connectivity index (χ1v) is 9.81. The number of H-pyrrole nitrogens is 1. The van der Waals surface area contributed by atoms with Crippen LogP contribution in [-0.2, 0) is 17.1 Å². The van der Waals surface area contributed by atoms with Gasteiger partial charge < -0.3 is 20.5 Å². The Morgan fingerprint density at radius 3 is 2.81 bits per heavy atom. The van der Waals surface area contributed by atoms with Crippen molar-refractivity contribution in [3.8, 4) is 0 Å². The van der Waals surface area contributed by atoms with E-state index < -0.39 is 0 Å². The first-order valence-electron chi connectivity index (χ1n) is 7.84. The van der Waals surface area contributed by atoms with Crippen molar-refractivity contribution in [2.45, 2.75) is 22.7 Å². The molecule has 140 valence electrons. The van der Waals surface area contributed by atoms with Crippen molar-refractivity contribution in [3.05, 3.63) is 58.2 Å². The summed E-state index contributed by atoms with van der Waals surface area (Å²) >= 11 is 2.37. The molecular formula is C16H16N6O3S2. The fraction of sp³-hybridized carbons (Fsp3) is 0.188. The largest absolute Gasteiger partial charge is 0.415 e. The Kier molecular flexibility index (Phi) is 6.49. The highest BCUT2D eigenvalue weighted by atomic mass is 32.2. The molecule has 0 fully saturated rings. The molecule has 0 radical (unpaired) electrons. The summed E-state index contributed by atoms with van der Waals surface area (Å²) < 4.78 is 5.47. The molecule has 0 spiro atoms. The number of nitrogens with zero attached hydrogens (tertiary/aromatic N) is 3. The van der Waals surface area contributed by atoms with Crippen molar-refractivity contribution < 1.29 is 9.21 Å². The fourth-order valence-corrected chi connectivity index (χ4v) is 3.31. The van der Waals surface area contributed by atoms with Gasteiger partial charge in [0.2, 0.25) is 11.8 Å². The smallest absolute Gasteiger partial charge is 0.277 e. The number of hydrogen-bond donors (Lipinski definition) is 3. The number of nitrogens with one attached hydrogen (secondary N) is 2. The van der Waals surface area contributed by atoms with Crippen molar-refractivity contribution in [1.29, 1.82) is 0 Å². The van der Waals surface area contributed by atoms with E-state index in [0.29, 0.717) is 28.6 Å². The maximum Gasteiger partial charge on any atom is 0.277 e. The van der Waals surface area contributed by atoms with Crippen LogP contribution in [0.25, 0.3) is 0 Å². The Hall–Kier alpha value is -2.79. The second-order valence-corrected chi connectivity index (χ2v) is 7.17. The number of anilines is 1. The number of carbonyl (C=O) groups is 1. The lowest BCUT2D eigenvalue weighted by molar-refractivity contribution is -0.118. The third-order valence-corrected chi connectivity index (χ3v) is 4.86. The number of thioether (sulfide) groups is 2. The quantitative estimate of drug-likeness (QED) is 0.376. The maximum absolute atomic E-state index is 11.9. The third-order valence-electron chi connectivity index (χ3n) is 3.18. The zero-order valence-electron chi connectivity index (χ0n) is 14.0. The normalized spacial score (nSPS) is 10.7. The van der Waals surface area contributed by atoms with Crippen LogP contribution in [0, 0.1) is 0 Å². The minimum absolute atomic E-state index is 0.125. The van der Waals surface area contributed by atoms with Gasteiger partial charge in [0.1, 0.15) is 5.82 Å². The molecule has 2 heterocycles. The first kappa shape index (κ1) is 19.0. The van der Waals surface area contributed by atoms with E-state index in [0.717, 1.165) is 17.3 Å². The lowest BCUT2D eigenvalue weighted by atomic mass is 10.2. The van der Waals surface area contributed by atoms with E-state index in [1.807, 2.05) is 30.3 Å². The van der Waals surface area contributed by atoms with E-state index >= 15 is 0 Å². The van der Waals surface area contributed by atoms with Gasteiger partial charge in [-0.15, -0.1) is 10.2 Å². The number of amides is 1. The van der Waals surface area contributed by atoms with Crippen LogP contribution >= 0.6 is 23.5 Å². The number of aromatic amines is 1. The van der Waals surface area contributed by atoms with Crippen molar-refractivity contribution in [3.63, 3.8) is 0 Å². The Morgan fingerprint density at radius 2 is 2.04 bits per heavy atom. The van der Waals surface area contributed by atoms with Gasteiger partial charge in [-0.2, -0.15) is 0 Å². The van der Waals surface area contributed by atoms with Crippen LogP contribution in [0.1, 0.15) is 11.5 Å². The Morgan fingerprint density at radius 1 is 1.22 bits per heavy atom. The number of aromatic nitrogens is 4. The third kappa shape index (κ3) is 6.15. The molecule has 3 rings (SSSR count). The van der Waals surface area contributed by atoms with Crippen LogP contribution in [0.5, 0.6) is 0 Å². The van der Waals surface area contributed by atoms with Gasteiger partial charge in [0.15, 0.2) is 5.16 Å². The molecule has 0 aliphatic heterocycles. The minimum atomic E-state index is -0.326. The Bertz CT molecular complexity index is 960. The van der Waals surface area contributed by atoms with E-state index in [4.69, 9.17) is 10.2 Å². The van der Waals surface area contributed by atoms with E-state index in [-0.39, 0.29) is 23.0 Å². The molecular weight excluding hydrogens is 388 g/mol. The average molecular weight is 404 g/mol. The van der Waals surface area contributed by atoms with E-state index in [9.17, 15) is 9.59 Å². The summed E-state index contributed by atoms with van der Waals surface area (Å²) in [6.45, 7) is 0.470. The SMILES string of the molecule is Nc1cc(=O)[nH]c(SCc2nnc(SCC(=O)NCc3ccccc3)o2)n1. The van der Waals surface area contributed by atoms with Crippen LogP contribution in [0.2, 0.25) is 0 Å². The van der Waals surface area contributed by atoms with Gasteiger partial charge in [-0.1, -0.05) is 53.9 Å². The number of benzene rings is 1. The summed E-state index contributed by atoms with van der Waals surface area (Å²) in [5, 5.41) is 11.3. The minimum Gasteiger partial charge on any atom is -0.415 e. The van der Waals surface area contributed by atoms with Crippen LogP contribution in [-0.4, -0.2) is 31.8 Å². The van der Waals surface area contributed by atoms with Crippen LogP contribution < -0.4 is 16.6 Å². The average Bonchev–Trinajstić information content (AvgIpc) is 3.11. The standard InChI is InChI=1S/C16H16N6O3S2/c17-11-6-12(23)20-15(19-11)26-9-14-21-22-16(25-14)27-8-13(24)18-7-10-4-2-1-3-5-10/h1-6H,7-9H2,(H,18,24)(H3,17,19,20,23). The second-order valence-electron chi connectivity index (χ2n) is 5.28. The van der Waals surface area contributed by atoms with Gasteiger partial charge in [-0.3, -0.25) is 9.59 Å². The highest BCUT2D eigenvalue weighted by Crippen LogP contribution is 2.21. The van der Waals surface area contributed by atoms with Crippen LogP contribution in [0.4, 0.5) is 5.82 Å². The summed E-state index contributed by atoms with van der Waals surface area (Å²) in [6.07, 6.45) is 0. The molecule has 27 heavy (non-hydrogen) atoms. The summed E-state index contributed by atoms with van der Waals surface area (Å²) in [5.41, 5.74) is 6.23. The van der Waals surface area contributed by atoms with E-state index in [1.54, 1.807) is 0 Å². The monoisotopic (exact) mass is 404 g/mol. The maximum atomic E-state index is 11.9. The second kappa shape index (κ2) is 9.24. The zero-order chi connectivity index (χ0) is 19.1. The van der Waals surface area contributed by atoms with Crippen molar-refractivity contribution in [1.82, 2.24) is 25.5 Å². The molecule has 0 unspecified atom stereocenters. The molecule has 2 aromatic heterocycles. The summed E-state index contributed by atoms with van der Waals surface area (Å²) in [6, 6.07) is 10.9. The highest BCUT2D eigenvalue weighted by Gasteiger charge is 2.11. The predicted molar refractivity (Wildman–Crippen MR) is 102 cm³/mol. The number of nitrogens with two attached hydrogens (primary N) is 1. The Balaban J connectivity index is 1.43. The topological polar surface area (TPSA) is 140 Å². The van der Waals surface area contributed by atoms with Crippen molar-refractivity contribution in [2.75, 3.05) is 11.5 Å². The van der Waals surface area contributed by atoms with Crippen LogP contribution in [0.15, 0.2) is 56.0 Å². The lowest BCUT2D eigenvalue weighted by Gasteiger charge is -2.03. The summed E-state index contributed by atoms with van der Waals surface area (Å²) in [4.78, 5) is 29.8. The van der Waals surface area contributed by atoms with Crippen LogP contribution in [0.3, 0.4) is 0 Å². The molecule has 4 N–H and O–H groups in total. The molecule has 1 amide bonds. The van der Waals surface area contributed by atoms with Gasteiger partial charge in [0.25, 0.3) is 10.8 Å². The van der Waals surface area contributed by atoms with Crippen molar-refractivity contribution >= 4 is 35.2 Å². The zero-order valence-corrected chi connectivity index (χ0v) is 15.7. The molecule has 0 aliphatic carbocycles. The molecule has 0 saturated heterocycles. The molecule has 0 atom stereocenters. The lowest BCUT2D eigenvalue weighted by Crippen LogP contribution is -2.24. The van der Waals surface area contributed by atoms with Gasteiger partial charge in [0, 0.05) is 12.6 Å². The number of carbonyl (C=O) groups excluding carboxylic acids is 1. The van der Waals surface area contributed by atoms with Gasteiger partial charge >= 0.3 is 0 Å².